The third-order valence-corrected chi connectivity index (χ3v) is 4.77. The van der Waals surface area contributed by atoms with E-state index in [9.17, 15) is 9.59 Å². The fraction of sp³-hybridized carbons (Fsp3) is 0.111. The minimum absolute atomic E-state index is 0.0185. The van der Waals surface area contributed by atoms with Crippen molar-refractivity contribution in [1.82, 2.24) is 15.3 Å². The summed E-state index contributed by atoms with van der Waals surface area (Å²) in [5.41, 5.74) is 4.25. The van der Waals surface area contributed by atoms with Crippen LogP contribution < -0.4 is 10.6 Å². The molecular weight excluding hydrogens is 336 g/mol. The molecule has 1 aliphatic rings. The van der Waals surface area contributed by atoms with Crippen molar-refractivity contribution >= 4 is 28.8 Å². The van der Waals surface area contributed by atoms with Gasteiger partial charge >= 0.3 is 0 Å². The smallest absolute Gasteiger partial charge is 0.251 e. The number of thiazole rings is 1. The number of rotatable bonds is 4. The zero-order chi connectivity index (χ0) is 17.2. The van der Waals surface area contributed by atoms with Crippen LogP contribution in [-0.4, -0.2) is 21.8 Å². The highest BCUT2D eigenvalue weighted by molar-refractivity contribution is 7.09. The largest absolute Gasteiger partial charge is 0.346 e. The Morgan fingerprint density at radius 3 is 2.92 bits per heavy atom. The van der Waals surface area contributed by atoms with Crippen LogP contribution in [0.1, 0.15) is 20.9 Å². The first kappa shape index (κ1) is 15.5. The molecule has 2 amide bonds. The van der Waals surface area contributed by atoms with Gasteiger partial charge in [0.15, 0.2) is 0 Å². The standard InChI is InChI=1S/C18H14N4O2S/c23-16-8-13-7-12(1-2-14(13)21-16)15-10-25-17(22-15)9-20-18(24)11-3-5-19-6-4-11/h1-7,10H,8-9H2,(H,20,24)(H,21,23). The molecule has 25 heavy (non-hydrogen) atoms. The van der Waals surface area contributed by atoms with Crippen LogP contribution >= 0.6 is 11.3 Å². The highest BCUT2D eigenvalue weighted by atomic mass is 32.1. The molecule has 0 saturated heterocycles. The molecule has 4 rings (SSSR count). The molecular formula is C18H14N4O2S. The quantitative estimate of drug-likeness (QED) is 0.758. The third kappa shape index (κ3) is 3.27. The van der Waals surface area contributed by atoms with E-state index in [4.69, 9.17) is 0 Å². The second-order valence-electron chi connectivity index (χ2n) is 5.64. The molecule has 2 N–H and O–H groups in total. The van der Waals surface area contributed by atoms with Crippen LogP contribution in [0.15, 0.2) is 48.1 Å². The number of carbonyl (C=O) groups is 2. The Morgan fingerprint density at radius 2 is 2.08 bits per heavy atom. The lowest BCUT2D eigenvalue weighted by molar-refractivity contribution is -0.115. The zero-order valence-electron chi connectivity index (χ0n) is 13.2. The summed E-state index contributed by atoms with van der Waals surface area (Å²) in [7, 11) is 0. The van der Waals surface area contributed by atoms with Crippen molar-refractivity contribution in [3.63, 3.8) is 0 Å². The summed E-state index contributed by atoms with van der Waals surface area (Å²) in [6.07, 6.45) is 3.58. The van der Waals surface area contributed by atoms with Gasteiger partial charge in [0.25, 0.3) is 5.91 Å². The lowest BCUT2D eigenvalue weighted by Gasteiger charge is -2.03. The summed E-state index contributed by atoms with van der Waals surface area (Å²) >= 11 is 1.49. The number of fused-ring (bicyclic) bond motifs is 1. The molecule has 0 aliphatic carbocycles. The average Bonchev–Trinajstić information content (AvgIpc) is 3.25. The van der Waals surface area contributed by atoms with Crippen LogP contribution in [0.4, 0.5) is 5.69 Å². The Hall–Kier alpha value is -3.06. The van der Waals surface area contributed by atoms with E-state index in [1.807, 2.05) is 23.6 Å². The fourth-order valence-electron chi connectivity index (χ4n) is 2.67. The minimum Gasteiger partial charge on any atom is -0.346 e. The van der Waals surface area contributed by atoms with Crippen LogP contribution in [0.25, 0.3) is 11.3 Å². The molecule has 7 heteroatoms. The summed E-state index contributed by atoms with van der Waals surface area (Å²) < 4.78 is 0. The number of hydrogen-bond acceptors (Lipinski definition) is 5. The summed E-state index contributed by atoms with van der Waals surface area (Å²) in [6.45, 7) is 0.372. The molecule has 0 saturated carbocycles. The van der Waals surface area contributed by atoms with Gasteiger partial charge in [-0.25, -0.2) is 4.98 Å². The molecule has 0 spiro atoms. The molecule has 1 aliphatic heterocycles. The van der Waals surface area contributed by atoms with Crippen LogP contribution in [0.3, 0.4) is 0 Å². The topological polar surface area (TPSA) is 84.0 Å². The number of carbonyl (C=O) groups excluding carboxylic acids is 2. The number of hydrogen-bond donors (Lipinski definition) is 2. The summed E-state index contributed by atoms with van der Waals surface area (Å²) in [5.74, 6) is -0.133. The van der Waals surface area contributed by atoms with E-state index in [-0.39, 0.29) is 11.8 Å². The second kappa shape index (κ2) is 6.45. The molecule has 0 fully saturated rings. The summed E-state index contributed by atoms with van der Waals surface area (Å²) in [5, 5.41) is 8.46. The van der Waals surface area contributed by atoms with Crippen molar-refractivity contribution in [3.8, 4) is 11.3 Å². The number of aromatic nitrogens is 2. The molecule has 3 aromatic rings. The van der Waals surface area contributed by atoms with Gasteiger partial charge in [-0.05, 0) is 29.8 Å². The molecule has 2 aromatic heterocycles. The van der Waals surface area contributed by atoms with Crippen LogP contribution in [0.2, 0.25) is 0 Å². The molecule has 0 unspecified atom stereocenters. The lowest BCUT2D eigenvalue weighted by atomic mass is 10.1. The van der Waals surface area contributed by atoms with Crippen molar-refractivity contribution in [2.75, 3.05) is 5.32 Å². The van der Waals surface area contributed by atoms with Crippen molar-refractivity contribution < 1.29 is 9.59 Å². The van der Waals surface area contributed by atoms with Gasteiger partial charge in [-0.1, -0.05) is 6.07 Å². The average molecular weight is 350 g/mol. The molecule has 124 valence electrons. The number of amides is 2. The van der Waals surface area contributed by atoms with Gasteiger partial charge in [0, 0.05) is 34.6 Å². The van der Waals surface area contributed by atoms with Gasteiger partial charge in [0.2, 0.25) is 5.91 Å². The molecule has 1 aromatic carbocycles. The van der Waals surface area contributed by atoms with Crippen molar-refractivity contribution in [1.29, 1.82) is 0 Å². The van der Waals surface area contributed by atoms with Crippen molar-refractivity contribution in [2.45, 2.75) is 13.0 Å². The Kier molecular flexibility index (Phi) is 3.99. The van der Waals surface area contributed by atoms with Crippen molar-refractivity contribution in [2.24, 2.45) is 0 Å². The number of anilines is 1. The Bertz CT molecular complexity index is 953. The molecule has 0 atom stereocenters. The Morgan fingerprint density at radius 1 is 1.24 bits per heavy atom. The Labute approximate surface area is 148 Å². The summed E-state index contributed by atoms with van der Waals surface area (Å²) in [4.78, 5) is 32.0. The van der Waals surface area contributed by atoms with Gasteiger partial charge in [0.05, 0.1) is 18.7 Å². The fourth-order valence-corrected chi connectivity index (χ4v) is 3.42. The Balaban J connectivity index is 1.45. The predicted octanol–water partition coefficient (Wildman–Crippen LogP) is 2.63. The van der Waals surface area contributed by atoms with E-state index in [0.717, 1.165) is 27.5 Å². The monoisotopic (exact) mass is 350 g/mol. The first-order chi connectivity index (χ1) is 12.2. The number of pyridine rings is 1. The number of nitrogens with zero attached hydrogens (tertiary/aromatic N) is 2. The second-order valence-corrected chi connectivity index (χ2v) is 6.58. The van der Waals surface area contributed by atoms with Crippen LogP contribution in [0.5, 0.6) is 0 Å². The highest BCUT2D eigenvalue weighted by Gasteiger charge is 2.18. The van der Waals surface area contributed by atoms with Crippen LogP contribution in [0, 0.1) is 0 Å². The molecule has 6 nitrogen and oxygen atoms in total. The van der Waals surface area contributed by atoms with Crippen LogP contribution in [-0.2, 0) is 17.8 Å². The SMILES string of the molecule is O=C1Cc2cc(-c3csc(CNC(=O)c4ccncc4)n3)ccc2N1. The third-order valence-electron chi connectivity index (χ3n) is 3.92. The van der Waals surface area contributed by atoms with Gasteiger partial charge in [-0.3, -0.25) is 14.6 Å². The number of nitrogens with one attached hydrogen (secondary N) is 2. The van der Waals surface area contributed by atoms with E-state index in [2.05, 4.69) is 20.6 Å². The van der Waals surface area contributed by atoms with E-state index in [0.29, 0.717) is 18.5 Å². The maximum atomic E-state index is 12.1. The van der Waals surface area contributed by atoms with E-state index >= 15 is 0 Å². The molecule has 0 bridgehead atoms. The maximum absolute atomic E-state index is 12.1. The number of benzene rings is 1. The zero-order valence-corrected chi connectivity index (χ0v) is 14.0. The van der Waals surface area contributed by atoms with Crippen molar-refractivity contribution in [3.05, 3.63) is 64.2 Å². The van der Waals surface area contributed by atoms with Gasteiger partial charge < -0.3 is 10.6 Å². The lowest BCUT2D eigenvalue weighted by Crippen LogP contribution is -2.22. The molecule has 0 radical (unpaired) electrons. The van der Waals surface area contributed by atoms with Gasteiger partial charge in [0.1, 0.15) is 5.01 Å². The van der Waals surface area contributed by atoms with E-state index < -0.39 is 0 Å². The predicted molar refractivity (Wildman–Crippen MR) is 95.3 cm³/mol. The van der Waals surface area contributed by atoms with E-state index in [1.54, 1.807) is 24.5 Å². The first-order valence-electron chi connectivity index (χ1n) is 7.75. The normalized spacial score (nSPS) is 12.6. The first-order valence-corrected chi connectivity index (χ1v) is 8.63. The molecule has 3 heterocycles. The van der Waals surface area contributed by atoms with Gasteiger partial charge in [-0.15, -0.1) is 11.3 Å². The maximum Gasteiger partial charge on any atom is 0.251 e. The van der Waals surface area contributed by atoms with Gasteiger partial charge in [-0.2, -0.15) is 0 Å². The highest BCUT2D eigenvalue weighted by Crippen LogP contribution is 2.29. The van der Waals surface area contributed by atoms with E-state index in [1.165, 1.54) is 11.3 Å². The summed E-state index contributed by atoms with van der Waals surface area (Å²) in [6, 6.07) is 9.17. The minimum atomic E-state index is -0.152.